The zero-order valence-electron chi connectivity index (χ0n) is 19.8. The highest BCUT2D eigenvalue weighted by Gasteiger charge is 2.59. The number of halogens is 7. The largest absolute Gasteiger partial charge is 0.465 e. The van der Waals surface area contributed by atoms with Crippen molar-refractivity contribution in [2.75, 3.05) is 7.11 Å². The first kappa shape index (κ1) is 29.0. The minimum atomic E-state index is -5.20. The second-order valence-electron chi connectivity index (χ2n) is 8.23. The first-order chi connectivity index (χ1) is 17.5. The van der Waals surface area contributed by atoms with Crippen molar-refractivity contribution in [3.05, 3.63) is 85.9 Å². The number of hydrogen-bond acceptors (Lipinski definition) is 6. The predicted octanol–water partition coefficient (Wildman–Crippen LogP) is 5.88. The number of benzene rings is 1. The minimum absolute atomic E-state index is 0.0591. The van der Waals surface area contributed by atoms with Gasteiger partial charge in [-0.15, -0.1) is 0 Å². The summed E-state index contributed by atoms with van der Waals surface area (Å²) in [6.07, 6.45) is -8.79. The predicted molar refractivity (Wildman–Crippen MR) is 122 cm³/mol. The smallest absolute Gasteiger partial charge is 0.422 e. The van der Waals surface area contributed by atoms with Crippen LogP contribution in [0.2, 0.25) is 5.02 Å². The summed E-state index contributed by atoms with van der Waals surface area (Å²) in [6.45, 7) is 2.34. The van der Waals surface area contributed by atoms with Gasteiger partial charge in [0.05, 0.1) is 18.2 Å². The van der Waals surface area contributed by atoms with Crippen molar-refractivity contribution in [3.8, 4) is 11.6 Å². The van der Waals surface area contributed by atoms with Crippen LogP contribution in [-0.4, -0.2) is 34.3 Å². The molecule has 0 spiro atoms. The number of hydrogen-bond donors (Lipinski definition) is 2. The number of aryl methyl sites for hydroxylation is 1. The lowest BCUT2D eigenvalue weighted by molar-refractivity contribution is -0.274. The number of carbonyl (C=O) groups is 1. The summed E-state index contributed by atoms with van der Waals surface area (Å²) < 4.78 is 92.4. The molecule has 2 N–H and O–H groups in total. The molecule has 3 aromatic rings. The summed E-state index contributed by atoms with van der Waals surface area (Å²) >= 11 is 6.20. The van der Waals surface area contributed by atoms with E-state index in [-0.39, 0.29) is 21.9 Å². The Kier molecular flexibility index (Phi) is 7.85. The second-order valence-corrected chi connectivity index (χ2v) is 8.64. The number of H-pyrrole nitrogens is 1. The third-order valence-electron chi connectivity index (χ3n) is 5.84. The number of nitrogens with one attached hydrogen (secondary N) is 1. The van der Waals surface area contributed by atoms with Crippen LogP contribution >= 0.6 is 11.6 Å². The van der Waals surface area contributed by atoms with Gasteiger partial charge in [0.15, 0.2) is 5.60 Å². The summed E-state index contributed by atoms with van der Waals surface area (Å²) in [5.41, 5.74) is -7.19. The Labute approximate surface area is 216 Å². The van der Waals surface area contributed by atoms with Gasteiger partial charge in [-0.2, -0.15) is 26.3 Å². The van der Waals surface area contributed by atoms with E-state index in [4.69, 9.17) is 16.3 Å². The van der Waals surface area contributed by atoms with Crippen molar-refractivity contribution < 1.29 is 45.7 Å². The maximum Gasteiger partial charge on any atom is 0.422 e. The molecule has 14 heteroatoms. The van der Waals surface area contributed by atoms with E-state index in [1.54, 1.807) is 0 Å². The van der Waals surface area contributed by atoms with Crippen molar-refractivity contribution in [2.24, 2.45) is 0 Å². The standard InChI is InChI=1S/C24H19ClF6N2O5/c1-11-6-13(9-33-20(11)34)22(36,24(29,30)31)12(2)15-5-4-14(7-18(15)25)38-19-8-17(23(26,27)28)16(10-32-19)21(35)37-3/h4-10,12,36H,1-3H3,(H,33,34). The fourth-order valence-electron chi connectivity index (χ4n) is 3.74. The molecular weight excluding hydrogens is 546 g/mol. The van der Waals surface area contributed by atoms with Crippen LogP contribution in [0.5, 0.6) is 11.6 Å². The number of rotatable bonds is 6. The number of aliphatic hydroxyl groups is 1. The van der Waals surface area contributed by atoms with E-state index in [1.165, 1.54) is 6.92 Å². The van der Waals surface area contributed by atoms with E-state index in [0.717, 1.165) is 44.5 Å². The van der Waals surface area contributed by atoms with Crippen LogP contribution in [0.3, 0.4) is 0 Å². The molecule has 38 heavy (non-hydrogen) atoms. The van der Waals surface area contributed by atoms with Crippen molar-refractivity contribution in [2.45, 2.75) is 37.7 Å². The molecule has 1 aromatic carbocycles. The van der Waals surface area contributed by atoms with Crippen LogP contribution in [0.4, 0.5) is 26.3 Å². The molecule has 2 atom stereocenters. The molecule has 0 bridgehead atoms. The van der Waals surface area contributed by atoms with Gasteiger partial charge in [0.1, 0.15) is 5.75 Å². The number of aromatic amines is 1. The molecule has 2 heterocycles. The molecule has 2 aromatic heterocycles. The normalized spacial score (nSPS) is 14.5. The summed E-state index contributed by atoms with van der Waals surface area (Å²) in [6, 6.07) is 4.63. The molecular formula is C24H19ClF6N2O5. The van der Waals surface area contributed by atoms with Gasteiger partial charge in [-0.3, -0.25) is 4.79 Å². The monoisotopic (exact) mass is 564 g/mol. The average molecular weight is 565 g/mol. The fraction of sp³-hybridized carbons (Fsp3) is 0.292. The highest BCUT2D eigenvalue weighted by molar-refractivity contribution is 6.31. The van der Waals surface area contributed by atoms with Gasteiger partial charge in [-0.25, -0.2) is 9.78 Å². The molecule has 204 valence electrons. The zero-order chi connectivity index (χ0) is 28.6. The van der Waals surface area contributed by atoms with Crippen LogP contribution in [-0.2, 0) is 16.5 Å². The summed E-state index contributed by atoms with van der Waals surface area (Å²) in [5, 5.41) is 10.6. The third kappa shape index (κ3) is 5.48. The quantitative estimate of drug-likeness (QED) is 0.286. The lowest BCUT2D eigenvalue weighted by atomic mass is 9.78. The third-order valence-corrected chi connectivity index (χ3v) is 6.17. The Hall–Kier alpha value is -3.58. The first-order valence-corrected chi connectivity index (χ1v) is 11.0. The Morgan fingerprint density at radius 2 is 1.79 bits per heavy atom. The molecule has 0 fully saturated rings. The average Bonchev–Trinajstić information content (AvgIpc) is 2.83. The molecule has 0 amide bonds. The molecule has 0 saturated carbocycles. The molecule has 2 unspecified atom stereocenters. The topological polar surface area (TPSA) is 102 Å². The van der Waals surface area contributed by atoms with Gasteiger partial charge in [-0.05, 0) is 30.7 Å². The van der Waals surface area contributed by atoms with Gasteiger partial charge in [-0.1, -0.05) is 24.6 Å². The number of nitrogens with zero attached hydrogens (tertiary/aromatic N) is 1. The zero-order valence-corrected chi connectivity index (χ0v) is 20.5. The van der Waals surface area contributed by atoms with E-state index >= 15 is 0 Å². The lowest BCUT2D eigenvalue weighted by Crippen LogP contribution is -2.47. The van der Waals surface area contributed by atoms with Crippen LogP contribution < -0.4 is 10.3 Å². The number of aromatic nitrogens is 2. The van der Waals surface area contributed by atoms with Crippen LogP contribution in [0.25, 0.3) is 0 Å². The Morgan fingerprint density at radius 1 is 1.13 bits per heavy atom. The first-order valence-electron chi connectivity index (χ1n) is 10.6. The highest BCUT2D eigenvalue weighted by atomic mass is 35.5. The van der Waals surface area contributed by atoms with Crippen molar-refractivity contribution in [1.29, 1.82) is 0 Å². The second kappa shape index (κ2) is 10.3. The number of pyridine rings is 2. The van der Waals surface area contributed by atoms with Gasteiger partial charge < -0.3 is 19.6 Å². The van der Waals surface area contributed by atoms with Gasteiger partial charge >= 0.3 is 18.3 Å². The Morgan fingerprint density at radius 3 is 2.32 bits per heavy atom. The van der Waals surface area contributed by atoms with E-state index < -0.39 is 58.0 Å². The Balaban J connectivity index is 1.99. The molecule has 0 aliphatic rings. The number of methoxy groups -OCH3 is 1. The van der Waals surface area contributed by atoms with Gasteiger partial charge in [0, 0.05) is 40.5 Å². The van der Waals surface area contributed by atoms with Crippen molar-refractivity contribution in [3.63, 3.8) is 0 Å². The van der Waals surface area contributed by atoms with E-state index in [2.05, 4.69) is 14.7 Å². The number of ether oxygens (including phenoxy) is 2. The van der Waals surface area contributed by atoms with Gasteiger partial charge in [0.25, 0.3) is 5.56 Å². The fourth-order valence-corrected chi connectivity index (χ4v) is 4.08. The summed E-state index contributed by atoms with van der Waals surface area (Å²) in [4.78, 5) is 29.1. The number of alkyl halides is 6. The van der Waals surface area contributed by atoms with Crippen LogP contribution in [0.15, 0.2) is 47.5 Å². The van der Waals surface area contributed by atoms with E-state index in [9.17, 15) is 41.0 Å². The molecule has 0 aliphatic carbocycles. The van der Waals surface area contributed by atoms with Crippen LogP contribution in [0.1, 0.15) is 45.5 Å². The molecule has 3 rings (SSSR count). The number of esters is 1. The lowest BCUT2D eigenvalue weighted by Gasteiger charge is -2.37. The maximum absolute atomic E-state index is 14.2. The van der Waals surface area contributed by atoms with Crippen molar-refractivity contribution >= 4 is 17.6 Å². The summed E-state index contributed by atoms with van der Waals surface area (Å²) in [5.74, 6) is -3.75. The molecule has 7 nitrogen and oxygen atoms in total. The SMILES string of the molecule is COC(=O)c1cnc(Oc2ccc(C(C)C(O)(c3c[nH]c(=O)c(C)c3)C(F)(F)F)c(Cl)c2)cc1C(F)(F)F. The maximum atomic E-state index is 14.2. The summed E-state index contributed by atoms with van der Waals surface area (Å²) in [7, 11) is 0.898. The highest BCUT2D eigenvalue weighted by Crippen LogP contribution is 2.50. The van der Waals surface area contributed by atoms with Gasteiger partial charge in [0.2, 0.25) is 5.88 Å². The van der Waals surface area contributed by atoms with E-state index in [0.29, 0.717) is 12.3 Å². The minimum Gasteiger partial charge on any atom is -0.465 e. The number of carbonyl (C=O) groups excluding carboxylic acids is 1. The molecule has 0 saturated heterocycles. The Bertz CT molecular complexity index is 1420. The van der Waals surface area contributed by atoms with E-state index in [1.807, 2.05) is 0 Å². The molecule has 0 aliphatic heterocycles. The van der Waals surface area contributed by atoms with Crippen LogP contribution in [0, 0.1) is 6.92 Å². The molecule has 0 radical (unpaired) electrons. The van der Waals surface area contributed by atoms with Crippen molar-refractivity contribution in [1.82, 2.24) is 9.97 Å².